The molecule has 0 saturated heterocycles. The van der Waals surface area contributed by atoms with Gasteiger partial charge in [0.15, 0.2) is 0 Å². The van der Waals surface area contributed by atoms with Crippen molar-refractivity contribution in [1.82, 2.24) is 9.38 Å². The van der Waals surface area contributed by atoms with Crippen LogP contribution in [0.15, 0.2) is 47.5 Å². The van der Waals surface area contributed by atoms with Crippen molar-refractivity contribution < 1.29 is 0 Å². The first-order valence-corrected chi connectivity index (χ1v) is 4.44. The first-order valence-electron chi connectivity index (χ1n) is 4.44. The molecule has 0 unspecified atom stereocenters. The highest BCUT2D eigenvalue weighted by Crippen LogP contribution is 2.10. The molecule has 3 heteroatoms. The number of benzene rings is 1. The van der Waals surface area contributed by atoms with Crippen LogP contribution in [0.25, 0.3) is 16.4 Å². The Balaban J connectivity index is 2.70. The zero-order chi connectivity index (χ0) is 9.54. The predicted octanol–water partition coefficient (Wildman–Crippen LogP) is 1.78. The number of nitrogens with one attached hydrogen (secondary N) is 1. The number of nitrogens with zero attached hydrogens (tertiary/aromatic N) is 1. The zero-order valence-electron chi connectivity index (χ0n) is 7.40. The van der Waals surface area contributed by atoms with Crippen molar-refractivity contribution in [2.24, 2.45) is 0 Å². The van der Waals surface area contributed by atoms with Crippen LogP contribution in [-0.4, -0.2) is 9.38 Å². The third kappa shape index (κ3) is 0.836. The second-order valence-electron chi connectivity index (χ2n) is 3.25. The van der Waals surface area contributed by atoms with Crippen molar-refractivity contribution in [1.29, 1.82) is 0 Å². The van der Waals surface area contributed by atoms with Crippen molar-refractivity contribution >= 4 is 16.4 Å². The molecule has 0 amide bonds. The van der Waals surface area contributed by atoms with E-state index < -0.39 is 0 Å². The molecule has 0 saturated carbocycles. The van der Waals surface area contributed by atoms with Crippen LogP contribution in [0.1, 0.15) is 0 Å². The molecule has 0 bridgehead atoms. The standard InChI is InChI=1S/C11H8N2O/c14-11-9-4-2-1-3-8(9)7-10-12-5-6-13(10)11/h1-7,12H. The fourth-order valence-electron chi connectivity index (χ4n) is 1.73. The maximum absolute atomic E-state index is 11.9. The van der Waals surface area contributed by atoms with E-state index in [-0.39, 0.29) is 5.56 Å². The summed E-state index contributed by atoms with van der Waals surface area (Å²) < 4.78 is 1.61. The molecule has 1 aromatic carbocycles. The molecule has 14 heavy (non-hydrogen) atoms. The predicted molar refractivity (Wildman–Crippen MR) is 55.5 cm³/mol. The number of imidazole rings is 1. The number of hydrogen-bond donors (Lipinski definition) is 1. The Morgan fingerprint density at radius 3 is 3.00 bits per heavy atom. The van der Waals surface area contributed by atoms with Gasteiger partial charge in [-0.2, -0.15) is 0 Å². The van der Waals surface area contributed by atoms with Crippen LogP contribution in [0.3, 0.4) is 0 Å². The van der Waals surface area contributed by atoms with Gasteiger partial charge in [-0.15, -0.1) is 0 Å². The molecule has 0 atom stereocenters. The maximum atomic E-state index is 11.9. The first-order chi connectivity index (χ1) is 6.86. The molecule has 2 heterocycles. The van der Waals surface area contributed by atoms with E-state index in [1.54, 1.807) is 16.8 Å². The Hall–Kier alpha value is -2.03. The van der Waals surface area contributed by atoms with Gasteiger partial charge in [0.2, 0.25) is 0 Å². The number of rotatable bonds is 0. The summed E-state index contributed by atoms with van der Waals surface area (Å²) in [6, 6.07) is 9.56. The number of hydrogen-bond acceptors (Lipinski definition) is 1. The van der Waals surface area contributed by atoms with Gasteiger partial charge >= 0.3 is 0 Å². The van der Waals surface area contributed by atoms with E-state index in [0.717, 1.165) is 16.4 Å². The average molecular weight is 184 g/mol. The lowest BCUT2D eigenvalue weighted by atomic mass is 10.2. The van der Waals surface area contributed by atoms with E-state index in [1.165, 1.54) is 0 Å². The highest BCUT2D eigenvalue weighted by molar-refractivity contribution is 5.84. The molecule has 68 valence electrons. The summed E-state index contributed by atoms with van der Waals surface area (Å²) in [5.74, 6) is 0. The lowest BCUT2D eigenvalue weighted by Crippen LogP contribution is -2.11. The molecule has 2 aromatic heterocycles. The third-order valence-corrected chi connectivity index (χ3v) is 2.42. The molecule has 0 radical (unpaired) electrons. The topological polar surface area (TPSA) is 37.3 Å². The Morgan fingerprint density at radius 2 is 2.07 bits per heavy atom. The average Bonchev–Trinajstić information content (AvgIpc) is 2.66. The van der Waals surface area contributed by atoms with E-state index in [0.29, 0.717) is 0 Å². The van der Waals surface area contributed by atoms with Crippen LogP contribution < -0.4 is 5.56 Å². The molecule has 0 aliphatic carbocycles. The van der Waals surface area contributed by atoms with Crippen LogP contribution >= 0.6 is 0 Å². The van der Waals surface area contributed by atoms with Crippen LogP contribution in [0.4, 0.5) is 0 Å². The second kappa shape index (κ2) is 2.48. The fraction of sp³-hybridized carbons (Fsp3) is 0. The molecule has 0 fully saturated rings. The number of H-pyrrole nitrogens is 1. The minimum absolute atomic E-state index is 0.0272. The molecule has 3 aromatic rings. The highest BCUT2D eigenvalue weighted by atomic mass is 16.1. The second-order valence-corrected chi connectivity index (χ2v) is 3.25. The van der Waals surface area contributed by atoms with Crippen molar-refractivity contribution in [3.8, 4) is 0 Å². The molecule has 0 aliphatic rings. The fourth-order valence-corrected chi connectivity index (χ4v) is 1.73. The van der Waals surface area contributed by atoms with Crippen LogP contribution in [0, 0.1) is 0 Å². The van der Waals surface area contributed by atoms with Crippen LogP contribution in [0.5, 0.6) is 0 Å². The van der Waals surface area contributed by atoms with E-state index in [4.69, 9.17) is 0 Å². The van der Waals surface area contributed by atoms with Gasteiger partial charge in [0.1, 0.15) is 5.65 Å². The molecule has 0 spiro atoms. The number of pyridine rings is 1. The highest BCUT2D eigenvalue weighted by Gasteiger charge is 2.02. The number of aromatic amines is 1. The van der Waals surface area contributed by atoms with Crippen molar-refractivity contribution in [2.45, 2.75) is 0 Å². The van der Waals surface area contributed by atoms with Gasteiger partial charge in [0.05, 0.1) is 0 Å². The third-order valence-electron chi connectivity index (χ3n) is 2.42. The Kier molecular flexibility index (Phi) is 1.31. The zero-order valence-corrected chi connectivity index (χ0v) is 7.40. The van der Waals surface area contributed by atoms with Crippen molar-refractivity contribution in [2.75, 3.05) is 0 Å². The van der Waals surface area contributed by atoms with Crippen LogP contribution in [-0.2, 0) is 0 Å². The molecular weight excluding hydrogens is 176 g/mol. The monoisotopic (exact) mass is 184 g/mol. The SMILES string of the molecule is O=c1c2ccccc2cc2[nH]ccn12. The van der Waals surface area contributed by atoms with Crippen molar-refractivity contribution in [3.63, 3.8) is 0 Å². The van der Waals surface area contributed by atoms with E-state index in [9.17, 15) is 4.79 Å². The quantitative estimate of drug-likeness (QED) is 0.568. The normalized spacial score (nSPS) is 11.1. The van der Waals surface area contributed by atoms with Gasteiger partial charge in [-0.05, 0) is 17.5 Å². The summed E-state index contributed by atoms with van der Waals surface area (Å²) in [7, 11) is 0. The summed E-state index contributed by atoms with van der Waals surface area (Å²) in [6.45, 7) is 0. The summed E-state index contributed by atoms with van der Waals surface area (Å²) in [5, 5.41) is 1.73. The van der Waals surface area contributed by atoms with E-state index in [1.807, 2.05) is 30.3 Å². The van der Waals surface area contributed by atoms with E-state index in [2.05, 4.69) is 4.98 Å². The molecular formula is C11H8N2O. The van der Waals surface area contributed by atoms with Gasteiger partial charge in [-0.25, -0.2) is 0 Å². The van der Waals surface area contributed by atoms with E-state index >= 15 is 0 Å². The lowest BCUT2D eigenvalue weighted by Gasteiger charge is -1.97. The molecule has 0 aliphatic heterocycles. The summed E-state index contributed by atoms with van der Waals surface area (Å²) in [4.78, 5) is 14.9. The smallest absolute Gasteiger partial charge is 0.264 e. The summed E-state index contributed by atoms with van der Waals surface area (Å²) >= 11 is 0. The minimum Gasteiger partial charge on any atom is -0.346 e. The van der Waals surface area contributed by atoms with Gasteiger partial charge in [-0.3, -0.25) is 9.20 Å². The number of aromatic nitrogens is 2. The Labute approximate surface area is 79.6 Å². The van der Waals surface area contributed by atoms with Crippen molar-refractivity contribution in [3.05, 3.63) is 53.1 Å². The van der Waals surface area contributed by atoms with Gasteiger partial charge in [0.25, 0.3) is 5.56 Å². The molecule has 3 nitrogen and oxygen atoms in total. The first kappa shape index (κ1) is 7.38. The maximum Gasteiger partial charge on any atom is 0.264 e. The largest absolute Gasteiger partial charge is 0.346 e. The van der Waals surface area contributed by atoms with Gasteiger partial charge in [0, 0.05) is 17.8 Å². The molecule has 1 N–H and O–H groups in total. The lowest BCUT2D eigenvalue weighted by molar-refractivity contribution is 1.14. The van der Waals surface area contributed by atoms with Gasteiger partial charge < -0.3 is 4.98 Å². The summed E-state index contributed by atoms with van der Waals surface area (Å²) in [5.41, 5.74) is 0.855. The Bertz CT molecular complexity index is 663. The van der Waals surface area contributed by atoms with Crippen LogP contribution in [0.2, 0.25) is 0 Å². The minimum atomic E-state index is 0.0272. The molecule has 3 rings (SSSR count). The summed E-state index contributed by atoms with van der Waals surface area (Å²) in [6.07, 6.45) is 3.50. The number of fused-ring (bicyclic) bond motifs is 2. The Morgan fingerprint density at radius 1 is 1.21 bits per heavy atom. The van der Waals surface area contributed by atoms with Gasteiger partial charge in [-0.1, -0.05) is 18.2 Å².